The molecule has 0 spiro atoms. The molecule has 0 radical (unpaired) electrons. The van der Waals surface area contributed by atoms with E-state index in [1.807, 2.05) is 43.3 Å². The van der Waals surface area contributed by atoms with E-state index in [4.69, 9.17) is 9.15 Å². The van der Waals surface area contributed by atoms with Gasteiger partial charge in [0.25, 0.3) is 5.91 Å². The summed E-state index contributed by atoms with van der Waals surface area (Å²) in [6, 6.07) is 11.2. The van der Waals surface area contributed by atoms with Gasteiger partial charge < -0.3 is 14.5 Å². The molecule has 0 unspecified atom stereocenters. The number of carbonyl (C=O) groups excluding carboxylic acids is 1. The van der Waals surface area contributed by atoms with Crippen molar-refractivity contribution in [2.24, 2.45) is 0 Å². The van der Waals surface area contributed by atoms with Crippen LogP contribution in [0.25, 0.3) is 11.0 Å². The van der Waals surface area contributed by atoms with Crippen molar-refractivity contribution in [3.63, 3.8) is 0 Å². The van der Waals surface area contributed by atoms with Crippen LogP contribution >= 0.6 is 0 Å². The Labute approximate surface area is 134 Å². The summed E-state index contributed by atoms with van der Waals surface area (Å²) in [4.78, 5) is 16.6. The first-order chi connectivity index (χ1) is 11.2. The second kappa shape index (κ2) is 6.52. The number of aromatic nitrogens is 1. The standard InChI is InChI=1S/C18H18N2O3/c1-12-15-11-14(22-2)6-7-16(15)23-17(12)18(21)20-10-8-13-5-3-4-9-19-13/h3-7,9,11H,8,10H2,1-2H3,(H,20,21). The maximum Gasteiger partial charge on any atom is 0.287 e. The zero-order chi connectivity index (χ0) is 16.2. The van der Waals surface area contributed by atoms with Gasteiger partial charge in [-0.05, 0) is 37.3 Å². The van der Waals surface area contributed by atoms with Crippen LogP contribution in [0.15, 0.2) is 47.0 Å². The predicted octanol–water partition coefficient (Wildman–Crippen LogP) is 3.12. The van der Waals surface area contributed by atoms with Crippen molar-refractivity contribution in [2.75, 3.05) is 13.7 Å². The minimum atomic E-state index is -0.214. The Balaban J connectivity index is 1.72. The van der Waals surface area contributed by atoms with Crippen LogP contribution < -0.4 is 10.1 Å². The maximum atomic E-state index is 12.3. The summed E-state index contributed by atoms with van der Waals surface area (Å²) >= 11 is 0. The number of aryl methyl sites for hydroxylation is 1. The minimum absolute atomic E-state index is 0.214. The number of ether oxygens (including phenoxy) is 1. The molecule has 0 atom stereocenters. The average Bonchev–Trinajstić information content (AvgIpc) is 2.92. The molecular weight excluding hydrogens is 292 g/mol. The van der Waals surface area contributed by atoms with E-state index in [0.29, 0.717) is 24.3 Å². The van der Waals surface area contributed by atoms with Gasteiger partial charge in [-0.2, -0.15) is 0 Å². The number of benzene rings is 1. The lowest BCUT2D eigenvalue weighted by Crippen LogP contribution is -2.26. The van der Waals surface area contributed by atoms with E-state index in [2.05, 4.69) is 10.3 Å². The van der Waals surface area contributed by atoms with Crippen LogP contribution in [0, 0.1) is 6.92 Å². The molecule has 0 aliphatic heterocycles. The van der Waals surface area contributed by atoms with Crippen LogP contribution in [0.3, 0.4) is 0 Å². The van der Waals surface area contributed by atoms with Crippen molar-refractivity contribution in [3.8, 4) is 5.75 Å². The molecule has 5 nitrogen and oxygen atoms in total. The SMILES string of the molecule is COc1ccc2oc(C(=O)NCCc3ccccn3)c(C)c2c1. The summed E-state index contributed by atoms with van der Waals surface area (Å²) in [6.45, 7) is 2.38. The first-order valence-electron chi connectivity index (χ1n) is 7.44. The van der Waals surface area contributed by atoms with E-state index in [9.17, 15) is 4.79 Å². The van der Waals surface area contributed by atoms with Crippen molar-refractivity contribution in [2.45, 2.75) is 13.3 Å². The summed E-state index contributed by atoms with van der Waals surface area (Å²) in [5.74, 6) is 0.867. The fraction of sp³-hybridized carbons (Fsp3) is 0.222. The van der Waals surface area contributed by atoms with Gasteiger partial charge in [-0.1, -0.05) is 6.07 Å². The minimum Gasteiger partial charge on any atom is -0.497 e. The molecule has 2 aromatic heterocycles. The zero-order valence-electron chi connectivity index (χ0n) is 13.1. The fourth-order valence-electron chi connectivity index (χ4n) is 2.47. The van der Waals surface area contributed by atoms with Gasteiger partial charge in [0.15, 0.2) is 5.76 Å². The molecule has 0 bridgehead atoms. The molecule has 1 amide bonds. The molecule has 3 rings (SSSR count). The summed E-state index contributed by atoms with van der Waals surface area (Å²) < 4.78 is 10.9. The van der Waals surface area contributed by atoms with E-state index in [1.165, 1.54) is 0 Å². The highest BCUT2D eigenvalue weighted by Gasteiger charge is 2.17. The van der Waals surface area contributed by atoms with Gasteiger partial charge in [-0.3, -0.25) is 9.78 Å². The third kappa shape index (κ3) is 3.18. The Hall–Kier alpha value is -2.82. The number of hydrogen-bond acceptors (Lipinski definition) is 4. The van der Waals surface area contributed by atoms with Crippen LogP contribution in [0.2, 0.25) is 0 Å². The number of hydrogen-bond donors (Lipinski definition) is 1. The Bertz CT molecular complexity index is 825. The first-order valence-corrected chi connectivity index (χ1v) is 7.44. The molecule has 0 saturated carbocycles. The molecule has 0 aliphatic carbocycles. The van der Waals surface area contributed by atoms with E-state index < -0.39 is 0 Å². The predicted molar refractivity (Wildman–Crippen MR) is 87.8 cm³/mol. The lowest BCUT2D eigenvalue weighted by atomic mass is 10.1. The van der Waals surface area contributed by atoms with Gasteiger partial charge in [-0.25, -0.2) is 0 Å². The Morgan fingerprint density at radius 3 is 2.91 bits per heavy atom. The normalized spacial score (nSPS) is 10.7. The van der Waals surface area contributed by atoms with Gasteiger partial charge in [0.05, 0.1) is 7.11 Å². The number of fused-ring (bicyclic) bond motifs is 1. The van der Waals surface area contributed by atoms with E-state index >= 15 is 0 Å². The highest BCUT2D eigenvalue weighted by atomic mass is 16.5. The highest BCUT2D eigenvalue weighted by Crippen LogP contribution is 2.28. The van der Waals surface area contributed by atoms with Crippen molar-refractivity contribution >= 4 is 16.9 Å². The van der Waals surface area contributed by atoms with Gasteiger partial charge in [-0.15, -0.1) is 0 Å². The van der Waals surface area contributed by atoms with Crippen molar-refractivity contribution in [1.82, 2.24) is 10.3 Å². The quantitative estimate of drug-likeness (QED) is 0.786. The number of methoxy groups -OCH3 is 1. The number of pyridine rings is 1. The van der Waals surface area contributed by atoms with Gasteiger partial charge in [0.2, 0.25) is 0 Å². The van der Waals surface area contributed by atoms with E-state index in [-0.39, 0.29) is 5.91 Å². The molecule has 0 fully saturated rings. The Morgan fingerprint density at radius 1 is 1.30 bits per heavy atom. The number of carbonyl (C=O) groups is 1. The van der Waals surface area contributed by atoms with Crippen LogP contribution in [0.5, 0.6) is 5.75 Å². The summed E-state index contributed by atoms with van der Waals surface area (Å²) in [5, 5.41) is 3.76. The van der Waals surface area contributed by atoms with Gasteiger partial charge >= 0.3 is 0 Å². The zero-order valence-corrected chi connectivity index (χ0v) is 13.1. The molecular formula is C18H18N2O3. The monoisotopic (exact) mass is 310 g/mol. The van der Waals surface area contributed by atoms with Crippen LogP contribution in [0.1, 0.15) is 21.8 Å². The largest absolute Gasteiger partial charge is 0.497 e. The second-order valence-corrected chi connectivity index (χ2v) is 5.25. The summed E-state index contributed by atoms with van der Waals surface area (Å²) in [6.07, 6.45) is 2.42. The lowest BCUT2D eigenvalue weighted by molar-refractivity contribution is 0.0927. The van der Waals surface area contributed by atoms with Crippen LogP contribution in [-0.4, -0.2) is 24.5 Å². The third-order valence-corrected chi connectivity index (χ3v) is 3.74. The highest BCUT2D eigenvalue weighted by molar-refractivity contribution is 5.99. The first kappa shape index (κ1) is 15.1. The number of rotatable bonds is 5. The Morgan fingerprint density at radius 2 is 2.17 bits per heavy atom. The fourth-order valence-corrected chi connectivity index (χ4v) is 2.47. The molecule has 3 aromatic rings. The van der Waals surface area contributed by atoms with Gasteiger partial charge in [0.1, 0.15) is 11.3 Å². The van der Waals surface area contributed by atoms with Crippen molar-refractivity contribution in [1.29, 1.82) is 0 Å². The molecule has 0 aliphatic rings. The van der Waals surface area contributed by atoms with Gasteiger partial charge in [0, 0.05) is 35.8 Å². The second-order valence-electron chi connectivity index (χ2n) is 5.25. The molecule has 23 heavy (non-hydrogen) atoms. The molecule has 1 N–H and O–H groups in total. The molecule has 1 aromatic carbocycles. The number of furan rings is 1. The van der Waals surface area contributed by atoms with E-state index in [1.54, 1.807) is 13.3 Å². The molecule has 5 heteroatoms. The maximum absolute atomic E-state index is 12.3. The average molecular weight is 310 g/mol. The van der Waals surface area contributed by atoms with Crippen LogP contribution in [0.4, 0.5) is 0 Å². The number of amides is 1. The van der Waals surface area contributed by atoms with E-state index in [0.717, 1.165) is 22.4 Å². The van der Waals surface area contributed by atoms with Crippen molar-refractivity contribution < 1.29 is 13.9 Å². The third-order valence-electron chi connectivity index (χ3n) is 3.74. The molecule has 0 saturated heterocycles. The Kier molecular flexibility index (Phi) is 4.28. The number of nitrogens with one attached hydrogen (secondary N) is 1. The summed E-state index contributed by atoms with van der Waals surface area (Å²) in [5.41, 5.74) is 2.44. The van der Waals surface area contributed by atoms with Crippen molar-refractivity contribution in [3.05, 3.63) is 59.6 Å². The molecule has 2 heterocycles. The number of nitrogens with zero attached hydrogens (tertiary/aromatic N) is 1. The summed E-state index contributed by atoms with van der Waals surface area (Å²) in [7, 11) is 1.61. The lowest BCUT2D eigenvalue weighted by Gasteiger charge is -2.03. The van der Waals surface area contributed by atoms with Crippen LogP contribution in [-0.2, 0) is 6.42 Å². The molecule has 118 valence electrons. The topological polar surface area (TPSA) is 64.4 Å². The smallest absolute Gasteiger partial charge is 0.287 e.